The number of H-pyrrole nitrogens is 1. The van der Waals surface area contributed by atoms with Gasteiger partial charge in [0.15, 0.2) is 0 Å². The number of rotatable bonds is 6. The summed E-state index contributed by atoms with van der Waals surface area (Å²) in [5.74, 6) is 0.861. The van der Waals surface area contributed by atoms with E-state index in [0.717, 1.165) is 11.1 Å². The molecule has 10 heteroatoms. The second-order valence-corrected chi connectivity index (χ2v) is 8.09. The van der Waals surface area contributed by atoms with E-state index in [2.05, 4.69) is 20.4 Å². The van der Waals surface area contributed by atoms with Gasteiger partial charge in [0.2, 0.25) is 17.2 Å². The molecule has 5 rings (SSSR count). The average molecular weight is 470 g/mol. The Morgan fingerprint density at radius 3 is 2.66 bits per heavy atom. The fourth-order valence-electron chi connectivity index (χ4n) is 4.03. The number of aromatic nitrogens is 5. The molecule has 0 unspecified atom stereocenters. The van der Waals surface area contributed by atoms with Crippen molar-refractivity contribution in [2.24, 2.45) is 0 Å². The molecular formula is C25H23N7O3. The number of nitrogens with two attached hydrogens (primary N) is 1. The lowest BCUT2D eigenvalue weighted by Gasteiger charge is -2.15. The second-order valence-electron chi connectivity index (χ2n) is 8.09. The molecule has 0 atom stereocenters. The summed E-state index contributed by atoms with van der Waals surface area (Å²) in [7, 11) is 0. The molecule has 1 amide bonds. The van der Waals surface area contributed by atoms with Gasteiger partial charge in [-0.3, -0.25) is 14.9 Å². The molecule has 0 spiro atoms. The molecule has 0 fully saturated rings. The monoisotopic (exact) mass is 469 g/mol. The maximum atomic E-state index is 13.2. The number of fused-ring (bicyclic) bond motifs is 1. The van der Waals surface area contributed by atoms with E-state index in [4.69, 9.17) is 15.2 Å². The highest BCUT2D eigenvalue weighted by atomic mass is 16.5. The van der Waals surface area contributed by atoms with Gasteiger partial charge in [-0.25, -0.2) is 9.97 Å². The van der Waals surface area contributed by atoms with Crippen LogP contribution in [0.4, 0.5) is 11.7 Å². The highest BCUT2D eigenvalue weighted by Gasteiger charge is 2.19. The Kier molecular flexibility index (Phi) is 5.61. The Balaban J connectivity index is 1.44. The number of carbonyl (C=O) groups is 1. The van der Waals surface area contributed by atoms with Crippen molar-refractivity contribution >= 4 is 28.6 Å². The Hall–Kier alpha value is -4.73. The number of nitrogens with one attached hydrogen (secondary N) is 2. The third kappa shape index (κ3) is 4.17. The maximum Gasteiger partial charge on any atom is 0.231 e. The number of nitrogen functional groups attached to an aromatic ring is 1. The minimum Gasteiger partial charge on any atom is -0.384 e. The molecule has 35 heavy (non-hydrogen) atoms. The zero-order valence-electron chi connectivity index (χ0n) is 19.2. The number of pyridine rings is 2. The van der Waals surface area contributed by atoms with Crippen LogP contribution in [0, 0.1) is 6.92 Å². The molecule has 4 heterocycles. The highest BCUT2D eigenvalue weighted by Crippen LogP contribution is 2.26. The molecule has 0 bridgehead atoms. The number of amides is 1. The maximum absolute atomic E-state index is 13.2. The summed E-state index contributed by atoms with van der Waals surface area (Å²) in [6.45, 7) is 4.26. The third-order valence-electron chi connectivity index (χ3n) is 5.71. The first-order chi connectivity index (χ1) is 16.9. The number of anilines is 2. The number of nitrogens with zero attached hydrogens (tertiary/aromatic N) is 4. The van der Waals surface area contributed by atoms with Gasteiger partial charge in [0.1, 0.15) is 22.9 Å². The van der Waals surface area contributed by atoms with Crippen LogP contribution in [0.2, 0.25) is 0 Å². The van der Waals surface area contributed by atoms with Crippen molar-refractivity contribution in [3.05, 3.63) is 76.3 Å². The van der Waals surface area contributed by atoms with E-state index in [1.807, 2.05) is 35.8 Å². The van der Waals surface area contributed by atoms with Crippen molar-refractivity contribution in [2.75, 3.05) is 11.1 Å². The molecule has 0 aliphatic rings. The molecule has 0 saturated heterocycles. The smallest absolute Gasteiger partial charge is 0.231 e. The van der Waals surface area contributed by atoms with Crippen molar-refractivity contribution in [3.8, 4) is 22.6 Å². The topological polar surface area (TPSA) is 145 Å². The van der Waals surface area contributed by atoms with Gasteiger partial charge in [0, 0.05) is 30.6 Å². The lowest BCUT2D eigenvalue weighted by molar-refractivity contribution is -0.115. The van der Waals surface area contributed by atoms with Crippen molar-refractivity contribution in [3.63, 3.8) is 0 Å². The SMILES string of the molecule is CCn1c(N)c(-c2ncc[nH]2)c(=O)c2ccc(-c3ccc(CC(=O)Nc4cc(C)no4)cc3)nc21. The zero-order chi connectivity index (χ0) is 24.5. The Morgan fingerprint density at radius 2 is 2.00 bits per heavy atom. The molecule has 0 aliphatic carbocycles. The number of hydrogen-bond donors (Lipinski definition) is 3. The lowest BCUT2D eigenvalue weighted by atomic mass is 10.1. The van der Waals surface area contributed by atoms with Gasteiger partial charge in [0.25, 0.3) is 0 Å². The Bertz CT molecular complexity index is 1580. The number of imidazole rings is 1. The van der Waals surface area contributed by atoms with E-state index >= 15 is 0 Å². The van der Waals surface area contributed by atoms with Crippen LogP contribution in [0.1, 0.15) is 18.2 Å². The van der Waals surface area contributed by atoms with Gasteiger partial charge in [-0.05, 0) is 31.5 Å². The summed E-state index contributed by atoms with van der Waals surface area (Å²) in [5.41, 5.74) is 10.1. The standard InChI is InChI=1S/C25H23N7O3/c1-3-32-23(26)21(24-27-10-11-28-24)22(34)17-8-9-18(29-25(17)32)16-6-4-15(5-7-16)13-19(33)30-20-12-14(2)31-35-20/h4-12H,3,13,26H2,1-2H3,(H,27,28)(H,30,33). The predicted octanol–water partition coefficient (Wildman–Crippen LogP) is 3.53. The number of aryl methyl sites for hydroxylation is 2. The molecule has 4 aromatic heterocycles. The van der Waals surface area contributed by atoms with E-state index in [9.17, 15) is 9.59 Å². The fraction of sp³-hybridized carbons (Fsp3) is 0.160. The molecule has 5 aromatic rings. The van der Waals surface area contributed by atoms with Crippen LogP contribution in [0.25, 0.3) is 33.7 Å². The Morgan fingerprint density at radius 1 is 1.20 bits per heavy atom. The molecule has 1 aromatic carbocycles. The molecule has 0 saturated carbocycles. The lowest BCUT2D eigenvalue weighted by Crippen LogP contribution is -2.18. The van der Waals surface area contributed by atoms with E-state index in [0.29, 0.717) is 52.1 Å². The van der Waals surface area contributed by atoms with Crippen LogP contribution in [0.15, 0.2) is 64.2 Å². The quantitative estimate of drug-likeness (QED) is 0.345. The summed E-state index contributed by atoms with van der Waals surface area (Å²) in [4.78, 5) is 37.4. The van der Waals surface area contributed by atoms with Gasteiger partial charge in [-0.2, -0.15) is 0 Å². The zero-order valence-corrected chi connectivity index (χ0v) is 19.2. The van der Waals surface area contributed by atoms with Gasteiger partial charge in [-0.1, -0.05) is 29.4 Å². The van der Waals surface area contributed by atoms with Crippen LogP contribution < -0.4 is 16.5 Å². The molecule has 0 radical (unpaired) electrons. The van der Waals surface area contributed by atoms with Gasteiger partial charge < -0.3 is 19.8 Å². The van der Waals surface area contributed by atoms with E-state index in [1.165, 1.54) is 0 Å². The van der Waals surface area contributed by atoms with Crippen LogP contribution >= 0.6 is 0 Å². The number of aromatic amines is 1. The van der Waals surface area contributed by atoms with Gasteiger partial charge >= 0.3 is 0 Å². The molecule has 4 N–H and O–H groups in total. The molecule has 10 nitrogen and oxygen atoms in total. The van der Waals surface area contributed by atoms with Crippen LogP contribution in [0.3, 0.4) is 0 Å². The van der Waals surface area contributed by atoms with E-state index in [-0.39, 0.29) is 17.8 Å². The summed E-state index contributed by atoms with van der Waals surface area (Å²) >= 11 is 0. The van der Waals surface area contributed by atoms with Crippen LogP contribution in [0.5, 0.6) is 0 Å². The number of hydrogen-bond acceptors (Lipinski definition) is 7. The van der Waals surface area contributed by atoms with E-state index in [1.54, 1.807) is 37.5 Å². The van der Waals surface area contributed by atoms with Gasteiger partial charge in [0.05, 0.1) is 23.2 Å². The fourth-order valence-corrected chi connectivity index (χ4v) is 4.03. The predicted molar refractivity (Wildman–Crippen MR) is 133 cm³/mol. The normalized spacial score (nSPS) is 11.1. The first kappa shape index (κ1) is 22.1. The summed E-state index contributed by atoms with van der Waals surface area (Å²) in [6.07, 6.45) is 3.42. The van der Waals surface area contributed by atoms with Crippen molar-refractivity contribution in [2.45, 2.75) is 26.8 Å². The van der Waals surface area contributed by atoms with Crippen molar-refractivity contribution < 1.29 is 9.32 Å². The first-order valence-corrected chi connectivity index (χ1v) is 11.1. The largest absolute Gasteiger partial charge is 0.384 e. The molecular weight excluding hydrogens is 446 g/mol. The van der Waals surface area contributed by atoms with Crippen molar-refractivity contribution in [1.29, 1.82) is 0 Å². The number of carbonyl (C=O) groups excluding carboxylic acids is 1. The summed E-state index contributed by atoms with van der Waals surface area (Å²) in [6, 6.07) is 12.8. The third-order valence-corrected chi connectivity index (χ3v) is 5.71. The summed E-state index contributed by atoms with van der Waals surface area (Å²) in [5, 5.41) is 6.90. The van der Waals surface area contributed by atoms with E-state index < -0.39 is 0 Å². The minimum atomic E-state index is -0.223. The minimum absolute atomic E-state index is 0.187. The Labute approximate surface area is 199 Å². The average Bonchev–Trinajstić information content (AvgIpc) is 3.51. The van der Waals surface area contributed by atoms with Crippen LogP contribution in [-0.2, 0) is 17.8 Å². The summed E-state index contributed by atoms with van der Waals surface area (Å²) < 4.78 is 6.83. The second kappa shape index (κ2) is 8.90. The first-order valence-electron chi connectivity index (χ1n) is 11.1. The van der Waals surface area contributed by atoms with Crippen LogP contribution in [-0.4, -0.2) is 30.6 Å². The van der Waals surface area contributed by atoms with Crippen molar-refractivity contribution in [1.82, 2.24) is 24.7 Å². The van der Waals surface area contributed by atoms with Gasteiger partial charge in [-0.15, -0.1) is 0 Å². The molecule has 0 aliphatic heterocycles. The number of benzene rings is 1. The highest BCUT2D eigenvalue weighted by molar-refractivity contribution is 5.91. The molecule has 176 valence electrons.